The van der Waals surface area contributed by atoms with Crippen molar-refractivity contribution in [2.45, 2.75) is 13.1 Å². The van der Waals surface area contributed by atoms with Gasteiger partial charge in [0.2, 0.25) is 0 Å². The molecule has 22 heavy (non-hydrogen) atoms. The first-order chi connectivity index (χ1) is 10.8. The summed E-state index contributed by atoms with van der Waals surface area (Å²) in [5.41, 5.74) is 3.04. The van der Waals surface area contributed by atoms with Gasteiger partial charge in [-0.05, 0) is 29.8 Å². The van der Waals surface area contributed by atoms with Crippen LogP contribution in [-0.4, -0.2) is 22.1 Å². The van der Waals surface area contributed by atoms with Gasteiger partial charge < -0.3 is 10.1 Å². The fourth-order valence-electron chi connectivity index (χ4n) is 2.18. The van der Waals surface area contributed by atoms with E-state index < -0.39 is 0 Å². The van der Waals surface area contributed by atoms with Gasteiger partial charge in [0.05, 0.1) is 24.7 Å². The SMILES string of the molecule is COc1cccc(CNCc2cnn(-c3ccccc3)n2)c1. The molecular weight excluding hydrogens is 276 g/mol. The van der Waals surface area contributed by atoms with E-state index in [0.29, 0.717) is 6.54 Å². The lowest BCUT2D eigenvalue weighted by molar-refractivity contribution is 0.414. The van der Waals surface area contributed by atoms with Crippen LogP contribution in [0, 0.1) is 0 Å². The number of nitrogens with zero attached hydrogens (tertiary/aromatic N) is 3. The lowest BCUT2D eigenvalue weighted by Gasteiger charge is -2.05. The standard InChI is InChI=1S/C17H18N4O/c1-22-17-9-5-6-14(10-17)11-18-12-15-13-19-21(20-15)16-7-3-2-4-8-16/h2-10,13,18H,11-12H2,1H3. The van der Waals surface area contributed by atoms with Crippen LogP contribution in [0.15, 0.2) is 60.8 Å². The van der Waals surface area contributed by atoms with Crippen molar-refractivity contribution in [3.63, 3.8) is 0 Å². The third-order valence-corrected chi connectivity index (χ3v) is 3.30. The van der Waals surface area contributed by atoms with Gasteiger partial charge in [0, 0.05) is 13.1 Å². The van der Waals surface area contributed by atoms with E-state index in [-0.39, 0.29) is 0 Å². The highest BCUT2D eigenvalue weighted by molar-refractivity contribution is 5.29. The van der Waals surface area contributed by atoms with Crippen LogP contribution in [0.25, 0.3) is 5.69 Å². The van der Waals surface area contributed by atoms with Crippen molar-refractivity contribution >= 4 is 0 Å². The maximum atomic E-state index is 5.22. The molecule has 3 rings (SSSR count). The van der Waals surface area contributed by atoms with Gasteiger partial charge >= 0.3 is 0 Å². The minimum atomic E-state index is 0.671. The zero-order chi connectivity index (χ0) is 15.2. The van der Waals surface area contributed by atoms with E-state index in [0.717, 1.165) is 23.7 Å². The summed E-state index contributed by atoms with van der Waals surface area (Å²) in [5, 5.41) is 12.1. The number of benzene rings is 2. The zero-order valence-corrected chi connectivity index (χ0v) is 12.4. The molecule has 0 radical (unpaired) electrons. The Hall–Kier alpha value is -2.66. The Labute approximate surface area is 129 Å². The maximum Gasteiger partial charge on any atom is 0.119 e. The quantitative estimate of drug-likeness (QED) is 0.759. The van der Waals surface area contributed by atoms with Crippen LogP contribution >= 0.6 is 0 Å². The lowest BCUT2D eigenvalue weighted by atomic mass is 10.2. The number of ether oxygens (including phenoxy) is 1. The monoisotopic (exact) mass is 294 g/mol. The van der Waals surface area contributed by atoms with Crippen LogP contribution in [0.5, 0.6) is 5.75 Å². The number of aromatic nitrogens is 3. The fraction of sp³-hybridized carbons (Fsp3) is 0.176. The molecule has 5 nitrogen and oxygen atoms in total. The molecule has 0 saturated heterocycles. The molecule has 2 aromatic carbocycles. The molecular formula is C17H18N4O. The molecule has 5 heteroatoms. The van der Waals surface area contributed by atoms with E-state index in [2.05, 4.69) is 21.6 Å². The zero-order valence-electron chi connectivity index (χ0n) is 12.4. The molecule has 0 amide bonds. The summed E-state index contributed by atoms with van der Waals surface area (Å²) < 4.78 is 5.22. The molecule has 0 saturated carbocycles. The molecule has 112 valence electrons. The molecule has 0 spiro atoms. The Bertz CT molecular complexity index is 724. The summed E-state index contributed by atoms with van der Waals surface area (Å²) in [6.45, 7) is 1.43. The first kappa shape index (κ1) is 14.3. The van der Waals surface area contributed by atoms with E-state index in [1.54, 1.807) is 18.1 Å². The third kappa shape index (κ3) is 3.51. The van der Waals surface area contributed by atoms with Crippen molar-refractivity contribution in [1.29, 1.82) is 0 Å². The minimum absolute atomic E-state index is 0.671. The summed E-state index contributed by atoms with van der Waals surface area (Å²) >= 11 is 0. The molecule has 0 atom stereocenters. The molecule has 0 aliphatic heterocycles. The van der Waals surface area contributed by atoms with Crippen molar-refractivity contribution < 1.29 is 4.74 Å². The highest BCUT2D eigenvalue weighted by atomic mass is 16.5. The van der Waals surface area contributed by atoms with E-state index in [1.807, 2.05) is 48.5 Å². The van der Waals surface area contributed by atoms with E-state index in [1.165, 1.54) is 5.56 Å². The average molecular weight is 294 g/mol. The summed E-state index contributed by atoms with van der Waals surface area (Å²) in [6.07, 6.45) is 1.78. The predicted octanol–water partition coefficient (Wildman–Crippen LogP) is 2.57. The van der Waals surface area contributed by atoms with Crippen molar-refractivity contribution in [3.05, 3.63) is 72.1 Å². The van der Waals surface area contributed by atoms with Crippen LogP contribution in [0.1, 0.15) is 11.3 Å². The minimum Gasteiger partial charge on any atom is -0.497 e. The fourth-order valence-corrected chi connectivity index (χ4v) is 2.18. The predicted molar refractivity (Wildman–Crippen MR) is 84.9 cm³/mol. The maximum absolute atomic E-state index is 5.22. The van der Waals surface area contributed by atoms with Crippen LogP contribution in [0.3, 0.4) is 0 Å². The first-order valence-electron chi connectivity index (χ1n) is 7.15. The Balaban J connectivity index is 1.57. The number of para-hydroxylation sites is 1. The highest BCUT2D eigenvalue weighted by Crippen LogP contribution is 2.12. The molecule has 1 aromatic heterocycles. The number of nitrogens with one attached hydrogen (secondary N) is 1. The highest BCUT2D eigenvalue weighted by Gasteiger charge is 2.02. The van der Waals surface area contributed by atoms with Gasteiger partial charge in [0.15, 0.2) is 0 Å². The van der Waals surface area contributed by atoms with E-state index in [9.17, 15) is 0 Å². The van der Waals surface area contributed by atoms with Crippen LogP contribution in [0.2, 0.25) is 0 Å². The van der Waals surface area contributed by atoms with Gasteiger partial charge in [0.1, 0.15) is 5.75 Å². The molecule has 0 aliphatic carbocycles. The Kier molecular flexibility index (Phi) is 4.46. The Morgan fingerprint density at radius 3 is 2.73 bits per heavy atom. The van der Waals surface area contributed by atoms with E-state index in [4.69, 9.17) is 4.74 Å². The van der Waals surface area contributed by atoms with Crippen molar-refractivity contribution in [1.82, 2.24) is 20.3 Å². The summed E-state index contributed by atoms with van der Waals surface area (Å²) in [7, 11) is 1.68. The number of hydrogen-bond acceptors (Lipinski definition) is 4. The largest absolute Gasteiger partial charge is 0.497 e. The molecule has 0 unspecified atom stereocenters. The topological polar surface area (TPSA) is 52.0 Å². The number of methoxy groups -OCH3 is 1. The average Bonchev–Trinajstić information content (AvgIpc) is 3.05. The molecule has 0 aliphatic rings. The van der Waals surface area contributed by atoms with Crippen LogP contribution in [-0.2, 0) is 13.1 Å². The summed E-state index contributed by atoms with van der Waals surface area (Å²) in [4.78, 5) is 1.64. The second-order valence-corrected chi connectivity index (χ2v) is 4.92. The second-order valence-electron chi connectivity index (χ2n) is 4.92. The van der Waals surface area contributed by atoms with Crippen LogP contribution in [0.4, 0.5) is 0 Å². The summed E-state index contributed by atoms with van der Waals surface area (Å²) in [6, 6.07) is 17.9. The van der Waals surface area contributed by atoms with Gasteiger partial charge in [0.25, 0.3) is 0 Å². The van der Waals surface area contributed by atoms with Crippen molar-refractivity contribution in [2.24, 2.45) is 0 Å². The second kappa shape index (κ2) is 6.87. The normalized spacial score (nSPS) is 10.6. The first-order valence-corrected chi connectivity index (χ1v) is 7.15. The Morgan fingerprint density at radius 2 is 1.91 bits per heavy atom. The van der Waals surface area contributed by atoms with Gasteiger partial charge in [-0.3, -0.25) is 0 Å². The summed E-state index contributed by atoms with van der Waals surface area (Å²) in [5.74, 6) is 0.870. The smallest absolute Gasteiger partial charge is 0.119 e. The molecule has 3 aromatic rings. The number of hydrogen-bond donors (Lipinski definition) is 1. The van der Waals surface area contributed by atoms with Gasteiger partial charge in [-0.1, -0.05) is 30.3 Å². The van der Waals surface area contributed by atoms with Crippen LogP contribution < -0.4 is 10.1 Å². The molecule has 1 heterocycles. The molecule has 0 fully saturated rings. The van der Waals surface area contributed by atoms with Crippen molar-refractivity contribution in [3.8, 4) is 11.4 Å². The lowest BCUT2D eigenvalue weighted by Crippen LogP contribution is -2.13. The third-order valence-electron chi connectivity index (χ3n) is 3.30. The van der Waals surface area contributed by atoms with E-state index >= 15 is 0 Å². The number of rotatable bonds is 6. The Morgan fingerprint density at radius 1 is 1.05 bits per heavy atom. The van der Waals surface area contributed by atoms with Crippen molar-refractivity contribution in [2.75, 3.05) is 7.11 Å². The molecule has 1 N–H and O–H groups in total. The van der Waals surface area contributed by atoms with Gasteiger partial charge in [-0.15, -0.1) is 0 Å². The van der Waals surface area contributed by atoms with Gasteiger partial charge in [-0.25, -0.2) is 0 Å². The van der Waals surface area contributed by atoms with Gasteiger partial charge in [-0.2, -0.15) is 15.0 Å². The molecule has 0 bridgehead atoms.